The summed E-state index contributed by atoms with van der Waals surface area (Å²) in [5.41, 5.74) is 3.72. The third-order valence-corrected chi connectivity index (χ3v) is 6.76. The first kappa shape index (κ1) is 20.5. The normalized spacial score (nSPS) is 20.5. The van der Waals surface area contributed by atoms with Crippen molar-refractivity contribution in [2.45, 2.75) is 32.7 Å². The second-order valence-electron chi connectivity index (χ2n) is 8.15. The fourth-order valence-electron chi connectivity index (χ4n) is 4.14. The number of benzene rings is 1. The summed E-state index contributed by atoms with van der Waals surface area (Å²) in [7, 11) is 2.37. The second kappa shape index (κ2) is 9.82. The molecule has 0 radical (unpaired) electrons. The Hall–Kier alpha value is -1.21. The molecule has 0 spiro atoms. The monoisotopic (exact) mass is 392 g/mol. The zero-order valence-electron chi connectivity index (χ0n) is 17.1. The Morgan fingerprint density at radius 2 is 1.96 bits per heavy atom. The van der Waals surface area contributed by atoms with Crippen molar-refractivity contribution in [1.29, 1.82) is 0 Å². The number of morpholine rings is 1. The number of likely N-dealkylation sites (N-methyl/N-ethyl adjacent to an activating group) is 1. The second-order valence-corrected chi connectivity index (χ2v) is 8.53. The molecule has 6 heteroatoms. The first-order chi connectivity index (χ1) is 13.0. The Labute approximate surface area is 169 Å². The van der Waals surface area contributed by atoms with E-state index in [1.807, 2.05) is 0 Å². The number of nitrogens with one attached hydrogen (secondary N) is 3. The summed E-state index contributed by atoms with van der Waals surface area (Å²) in [5.74, 6) is 0. The number of likely N-dealkylation sites (tertiary alicyclic amines) is 1. The molecule has 150 valence electrons. The fourth-order valence-corrected chi connectivity index (χ4v) is 4.44. The summed E-state index contributed by atoms with van der Waals surface area (Å²) in [5, 5.41) is 4.34. The van der Waals surface area contributed by atoms with Gasteiger partial charge in [-0.05, 0) is 43.3 Å². The van der Waals surface area contributed by atoms with E-state index in [2.05, 4.69) is 49.3 Å². The van der Waals surface area contributed by atoms with Gasteiger partial charge in [-0.1, -0.05) is 12.1 Å². The van der Waals surface area contributed by atoms with Gasteiger partial charge in [0.25, 0.3) is 0 Å². The number of quaternary nitrogens is 2. The number of hydrogen-bond donors (Lipinski definition) is 3. The molecule has 2 aliphatic rings. The van der Waals surface area contributed by atoms with Gasteiger partial charge in [0.2, 0.25) is 0 Å². The molecule has 1 aromatic carbocycles. The number of nitrogens with zero attached hydrogens (tertiary/aromatic N) is 1. The Balaban J connectivity index is 1.42. The molecule has 0 saturated carbocycles. The van der Waals surface area contributed by atoms with Crippen LogP contribution < -0.4 is 15.1 Å². The summed E-state index contributed by atoms with van der Waals surface area (Å²) < 4.78 is 5.46. The lowest BCUT2D eigenvalue weighted by Crippen LogP contribution is -3.21. The van der Waals surface area contributed by atoms with Gasteiger partial charge in [0.05, 0.1) is 26.3 Å². The zero-order valence-corrected chi connectivity index (χ0v) is 18.0. The third kappa shape index (κ3) is 5.64. The largest absolute Gasteiger partial charge is 0.370 e. The van der Waals surface area contributed by atoms with E-state index in [4.69, 9.17) is 17.0 Å². The molecule has 2 heterocycles. The lowest BCUT2D eigenvalue weighted by Gasteiger charge is -2.36. The summed E-state index contributed by atoms with van der Waals surface area (Å²) in [6.07, 6.45) is 2.44. The molecule has 0 aromatic heterocycles. The number of piperidine rings is 1. The molecule has 2 saturated heterocycles. The van der Waals surface area contributed by atoms with Crippen LogP contribution in [0.2, 0.25) is 0 Å². The van der Waals surface area contributed by atoms with E-state index >= 15 is 0 Å². The van der Waals surface area contributed by atoms with Crippen LogP contribution >= 0.6 is 12.2 Å². The zero-order chi connectivity index (χ0) is 19.2. The quantitative estimate of drug-likeness (QED) is 0.611. The molecule has 2 aliphatic heterocycles. The maximum atomic E-state index is 5.69. The summed E-state index contributed by atoms with van der Waals surface area (Å²) >= 11 is 5.69. The predicted molar refractivity (Wildman–Crippen MR) is 115 cm³/mol. The molecule has 27 heavy (non-hydrogen) atoms. The van der Waals surface area contributed by atoms with E-state index in [0.29, 0.717) is 0 Å². The molecule has 1 aromatic rings. The summed E-state index contributed by atoms with van der Waals surface area (Å²) in [6, 6.07) is 7.11. The summed E-state index contributed by atoms with van der Waals surface area (Å²) in [6.45, 7) is 13.1. The summed E-state index contributed by atoms with van der Waals surface area (Å²) in [4.78, 5) is 5.73. The molecule has 1 unspecified atom stereocenters. The first-order valence-electron chi connectivity index (χ1n) is 10.4. The van der Waals surface area contributed by atoms with E-state index < -0.39 is 0 Å². The van der Waals surface area contributed by atoms with Gasteiger partial charge in [-0.25, -0.2) is 0 Å². The van der Waals surface area contributed by atoms with Crippen molar-refractivity contribution in [3.8, 4) is 0 Å². The number of ether oxygens (including phenoxy) is 1. The van der Waals surface area contributed by atoms with Crippen LogP contribution in [0.25, 0.3) is 0 Å². The van der Waals surface area contributed by atoms with Crippen molar-refractivity contribution in [1.82, 2.24) is 4.90 Å². The highest BCUT2D eigenvalue weighted by atomic mass is 32.1. The molecular weight excluding hydrogens is 356 g/mol. The van der Waals surface area contributed by atoms with Crippen molar-refractivity contribution in [2.75, 3.05) is 64.8 Å². The van der Waals surface area contributed by atoms with E-state index in [1.54, 1.807) is 9.80 Å². The maximum absolute atomic E-state index is 5.69. The van der Waals surface area contributed by atoms with Gasteiger partial charge in [-0.2, -0.15) is 0 Å². The minimum atomic E-state index is 0.755. The van der Waals surface area contributed by atoms with Gasteiger partial charge < -0.3 is 24.8 Å². The Kier molecular flexibility index (Phi) is 7.47. The van der Waals surface area contributed by atoms with Crippen molar-refractivity contribution >= 4 is 23.0 Å². The van der Waals surface area contributed by atoms with Gasteiger partial charge in [0.15, 0.2) is 5.11 Å². The van der Waals surface area contributed by atoms with Crippen LogP contribution in [-0.4, -0.2) is 75.6 Å². The van der Waals surface area contributed by atoms with E-state index in [1.165, 1.54) is 50.1 Å². The SMILES string of the molecule is Cc1cccc(NC(=S)N2CCC([NH+](C)CC[NH+]3CCOCC3)CC2)c1C. The third-order valence-electron chi connectivity index (χ3n) is 6.40. The molecule has 3 N–H and O–H groups in total. The van der Waals surface area contributed by atoms with Crippen LogP contribution in [-0.2, 0) is 4.74 Å². The lowest BCUT2D eigenvalue weighted by atomic mass is 10.0. The highest BCUT2D eigenvalue weighted by Crippen LogP contribution is 2.19. The van der Waals surface area contributed by atoms with Crippen molar-refractivity contribution in [3.63, 3.8) is 0 Å². The smallest absolute Gasteiger partial charge is 0.173 e. The van der Waals surface area contributed by atoms with Crippen LogP contribution in [0.1, 0.15) is 24.0 Å². The van der Waals surface area contributed by atoms with Crippen LogP contribution in [0.5, 0.6) is 0 Å². The molecule has 2 fully saturated rings. The van der Waals surface area contributed by atoms with Crippen LogP contribution in [0.4, 0.5) is 5.69 Å². The van der Waals surface area contributed by atoms with Crippen molar-refractivity contribution in [3.05, 3.63) is 29.3 Å². The first-order valence-corrected chi connectivity index (χ1v) is 10.8. The number of thiocarbonyl (C=S) groups is 1. The minimum Gasteiger partial charge on any atom is -0.370 e. The predicted octanol–water partition coefficient (Wildman–Crippen LogP) is -0.106. The van der Waals surface area contributed by atoms with Crippen LogP contribution in [0.3, 0.4) is 0 Å². The molecule has 0 aliphatic carbocycles. The van der Waals surface area contributed by atoms with Crippen molar-refractivity contribution < 1.29 is 14.5 Å². The Morgan fingerprint density at radius 1 is 1.26 bits per heavy atom. The molecule has 3 rings (SSSR count). The number of aryl methyl sites for hydroxylation is 1. The standard InChI is InChI=1S/C21H34N4OS/c1-17-5-4-6-20(18(17)2)22-21(27)25-9-7-19(8-10-25)23(3)11-12-24-13-15-26-16-14-24/h4-6,19H,7-16H2,1-3H3,(H,22,27)/p+2. The molecule has 5 nitrogen and oxygen atoms in total. The van der Waals surface area contributed by atoms with Gasteiger partial charge in [-0.3, -0.25) is 0 Å². The molecule has 0 bridgehead atoms. The van der Waals surface area contributed by atoms with Crippen molar-refractivity contribution in [2.24, 2.45) is 0 Å². The molecular formula is C21H36N4OS+2. The maximum Gasteiger partial charge on any atom is 0.173 e. The van der Waals surface area contributed by atoms with Gasteiger partial charge >= 0.3 is 0 Å². The van der Waals surface area contributed by atoms with E-state index in [-0.39, 0.29) is 0 Å². The number of hydrogen-bond acceptors (Lipinski definition) is 2. The average molecular weight is 393 g/mol. The average Bonchev–Trinajstić information content (AvgIpc) is 2.70. The van der Waals surface area contributed by atoms with Crippen LogP contribution in [0.15, 0.2) is 18.2 Å². The van der Waals surface area contributed by atoms with E-state index in [0.717, 1.165) is 43.1 Å². The fraction of sp³-hybridized carbons (Fsp3) is 0.667. The van der Waals surface area contributed by atoms with Gasteiger partial charge in [0, 0.05) is 31.6 Å². The van der Waals surface area contributed by atoms with Gasteiger partial charge in [-0.15, -0.1) is 0 Å². The Bertz CT molecular complexity index is 625. The van der Waals surface area contributed by atoms with Crippen LogP contribution in [0, 0.1) is 13.8 Å². The van der Waals surface area contributed by atoms with Gasteiger partial charge in [0.1, 0.15) is 26.2 Å². The topological polar surface area (TPSA) is 33.4 Å². The minimum absolute atomic E-state index is 0.755. The highest BCUT2D eigenvalue weighted by molar-refractivity contribution is 7.80. The highest BCUT2D eigenvalue weighted by Gasteiger charge is 2.27. The lowest BCUT2D eigenvalue weighted by molar-refractivity contribution is -0.964. The number of rotatable bonds is 5. The molecule has 0 amide bonds. The van der Waals surface area contributed by atoms with E-state index in [9.17, 15) is 0 Å². The Morgan fingerprint density at radius 3 is 2.67 bits per heavy atom. The number of anilines is 1. The molecule has 1 atom stereocenters.